The highest BCUT2D eigenvalue weighted by Crippen LogP contribution is 2.11. The molecule has 1 amide bonds. The van der Waals surface area contributed by atoms with Gasteiger partial charge < -0.3 is 20.7 Å². The Labute approximate surface area is 161 Å². The van der Waals surface area contributed by atoms with Gasteiger partial charge in [0.1, 0.15) is 0 Å². The molecular formula is C14H29IN4O4S. The Morgan fingerprint density at radius 2 is 2.00 bits per heavy atom. The summed E-state index contributed by atoms with van der Waals surface area (Å²) in [6.07, 6.45) is 0.752. The van der Waals surface area contributed by atoms with Crippen LogP contribution in [-0.2, 0) is 19.4 Å². The third-order valence-electron chi connectivity index (χ3n) is 3.70. The molecule has 1 atom stereocenters. The first kappa shape index (κ1) is 23.4. The number of guanidine groups is 1. The number of ether oxygens (including phenoxy) is 1. The molecule has 0 aliphatic carbocycles. The molecule has 1 aliphatic heterocycles. The molecule has 8 nitrogen and oxygen atoms in total. The maximum absolute atomic E-state index is 11.8. The van der Waals surface area contributed by atoms with Gasteiger partial charge in [0.15, 0.2) is 15.8 Å². The van der Waals surface area contributed by atoms with Crippen LogP contribution in [0.4, 0.5) is 0 Å². The largest absolute Gasteiger partial charge is 0.377 e. The second-order valence-electron chi connectivity index (χ2n) is 6.23. The molecule has 0 saturated carbocycles. The SMILES string of the molecule is CN=C(NCCC(=O)NC1CCS(=O)(=O)C1)NCC(C)(C)OC.I. The summed E-state index contributed by atoms with van der Waals surface area (Å²) in [4.78, 5) is 15.9. The fraction of sp³-hybridized carbons (Fsp3) is 0.857. The second kappa shape index (κ2) is 10.4. The minimum atomic E-state index is -2.97. The van der Waals surface area contributed by atoms with Gasteiger partial charge in [-0.25, -0.2) is 8.42 Å². The Morgan fingerprint density at radius 3 is 2.50 bits per heavy atom. The number of amides is 1. The van der Waals surface area contributed by atoms with Crippen LogP contribution in [0.25, 0.3) is 0 Å². The topological polar surface area (TPSA) is 109 Å². The average Bonchev–Trinajstić information content (AvgIpc) is 2.81. The standard InChI is InChI=1S/C14H28N4O4S.HI/c1-14(2,22-4)10-17-13(15-3)16-7-5-12(19)18-11-6-8-23(20,21)9-11;/h11H,5-10H2,1-4H3,(H,18,19)(H2,15,16,17);1H. The number of nitrogens with one attached hydrogen (secondary N) is 3. The summed E-state index contributed by atoms with van der Waals surface area (Å²) < 4.78 is 28.0. The number of halogens is 1. The van der Waals surface area contributed by atoms with Crippen molar-refractivity contribution in [3.8, 4) is 0 Å². The van der Waals surface area contributed by atoms with E-state index in [9.17, 15) is 13.2 Å². The van der Waals surface area contributed by atoms with Gasteiger partial charge in [0.25, 0.3) is 0 Å². The van der Waals surface area contributed by atoms with Gasteiger partial charge >= 0.3 is 0 Å². The van der Waals surface area contributed by atoms with E-state index >= 15 is 0 Å². The van der Waals surface area contributed by atoms with Gasteiger partial charge in [0, 0.05) is 39.7 Å². The third-order valence-corrected chi connectivity index (χ3v) is 5.47. The highest BCUT2D eigenvalue weighted by atomic mass is 127. The van der Waals surface area contributed by atoms with Gasteiger partial charge in [-0.15, -0.1) is 24.0 Å². The molecule has 1 saturated heterocycles. The zero-order valence-corrected chi connectivity index (χ0v) is 17.9. The van der Waals surface area contributed by atoms with Gasteiger partial charge in [-0.2, -0.15) is 0 Å². The summed E-state index contributed by atoms with van der Waals surface area (Å²) in [6, 6.07) is -0.257. The summed E-state index contributed by atoms with van der Waals surface area (Å²) >= 11 is 0. The quantitative estimate of drug-likeness (QED) is 0.269. The summed E-state index contributed by atoms with van der Waals surface area (Å²) in [6.45, 7) is 4.90. The van der Waals surface area contributed by atoms with Crippen LogP contribution in [0.5, 0.6) is 0 Å². The summed E-state index contributed by atoms with van der Waals surface area (Å²) in [5.74, 6) is 0.627. The normalized spacial score (nSPS) is 20.2. The number of rotatable bonds is 7. The van der Waals surface area contributed by atoms with Crippen molar-refractivity contribution >= 4 is 45.7 Å². The first-order valence-corrected chi connectivity index (χ1v) is 9.49. The predicted molar refractivity (Wildman–Crippen MR) is 106 cm³/mol. The summed E-state index contributed by atoms with van der Waals surface area (Å²) in [7, 11) is 0.321. The van der Waals surface area contributed by atoms with Crippen molar-refractivity contribution < 1.29 is 17.9 Å². The monoisotopic (exact) mass is 476 g/mol. The number of carbonyl (C=O) groups is 1. The zero-order valence-electron chi connectivity index (χ0n) is 14.7. The molecule has 0 aromatic heterocycles. The highest BCUT2D eigenvalue weighted by molar-refractivity contribution is 14.0. The molecule has 1 heterocycles. The molecule has 1 aliphatic rings. The van der Waals surface area contributed by atoms with E-state index in [-0.39, 0.29) is 59.5 Å². The molecule has 10 heteroatoms. The first-order chi connectivity index (χ1) is 10.7. The highest BCUT2D eigenvalue weighted by Gasteiger charge is 2.28. The lowest BCUT2D eigenvalue weighted by atomic mass is 10.1. The Balaban J connectivity index is 0.00000529. The van der Waals surface area contributed by atoms with Crippen LogP contribution in [0, 0.1) is 0 Å². The molecule has 142 valence electrons. The number of sulfone groups is 1. The number of aliphatic imine (C=N–C) groups is 1. The fourth-order valence-corrected chi connectivity index (χ4v) is 3.77. The van der Waals surface area contributed by atoms with Gasteiger partial charge in [-0.05, 0) is 20.3 Å². The van der Waals surface area contributed by atoms with Crippen LogP contribution in [0.1, 0.15) is 26.7 Å². The van der Waals surface area contributed by atoms with Gasteiger partial charge in [-0.3, -0.25) is 9.79 Å². The van der Waals surface area contributed by atoms with E-state index in [1.165, 1.54) is 0 Å². The van der Waals surface area contributed by atoms with E-state index in [1.54, 1.807) is 14.2 Å². The second-order valence-corrected chi connectivity index (χ2v) is 8.46. The lowest BCUT2D eigenvalue weighted by molar-refractivity contribution is -0.121. The Hall–Kier alpha value is -0.620. The van der Waals surface area contributed by atoms with E-state index in [2.05, 4.69) is 20.9 Å². The molecular weight excluding hydrogens is 447 g/mol. The van der Waals surface area contributed by atoms with Crippen LogP contribution in [0.15, 0.2) is 4.99 Å². The number of hydrogen-bond acceptors (Lipinski definition) is 5. The smallest absolute Gasteiger partial charge is 0.222 e. The number of methoxy groups -OCH3 is 1. The van der Waals surface area contributed by atoms with Crippen molar-refractivity contribution in [1.82, 2.24) is 16.0 Å². The van der Waals surface area contributed by atoms with Crippen LogP contribution >= 0.6 is 24.0 Å². The molecule has 1 fully saturated rings. The molecule has 0 aromatic rings. The molecule has 0 aromatic carbocycles. The maximum Gasteiger partial charge on any atom is 0.222 e. The van der Waals surface area contributed by atoms with Crippen molar-refractivity contribution in [1.29, 1.82) is 0 Å². The van der Waals surface area contributed by atoms with Gasteiger partial charge in [0.05, 0.1) is 17.1 Å². The molecule has 0 spiro atoms. The van der Waals surface area contributed by atoms with E-state index in [0.29, 0.717) is 25.5 Å². The van der Waals surface area contributed by atoms with Crippen molar-refractivity contribution in [3.05, 3.63) is 0 Å². The Bertz CT molecular complexity index is 537. The number of carbonyl (C=O) groups excluding carboxylic acids is 1. The molecule has 1 rings (SSSR count). The van der Waals surface area contributed by atoms with E-state index in [4.69, 9.17) is 4.74 Å². The van der Waals surface area contributed by atoms with E-state index in [1.807, 2.05) is 13.8 Å². The van der Waals surface area contributed by atoms with Crippen molar-refractivity contribution in [2.75, 3.05) is 38.8 Å². The minimum Gasteiger partial charge on any atom is -0.377 e. The average molecular weight is 476 g/mol. The lowest BCUT2D eigenvalue weighted by Crippen LogP contribution is -2.46. The van der Waals surface area contributed by atoms with Crippen LogP contribution in [0.2, 0.25) is 0 Å². The van der Waals surface area contributed by atoms with Gasteiger partial charge in [-0.1, -0.05) is 0 Å². The number of hydrogen-bond donors (Lipinski definition) is 3. The number of nitrogens with zero attached hydrogens (tertiary/aromatic N) is 1. The van der Waals surface area contributed by atoms with Crippen molar-refractivity contribution in [2.24, 2.45) is 4.99 Å². The third kappa shape index (κ3) is 9.02. The molecule has 3 N–H and O–H groups in total. The predicted octanol–water partition coefficient (Wildman–Crippen LogP) is -0.112. The molecule has 0 bridgehead atoms. The van der Waals surface area contributed by atoms with Crippen molar-refractivity contribution in [2.45, 2.75) is 38.3 Å². The van der Waals surface area contributed by atoms with Crippen LogP contribution < -0.4 is 16.0 Å². The zero-order chi connectivity index (χ0) is 17.5. The Morgan fingerprint density at radius 1 is 1.33 bits per heavy atom. The van der Waals surface area contributed by atoms with E-state index in [0.717, 1.165) is 0 Å². The fourth-order valence-electron chi connectivity index (χ4n) is 2.09. The summed E-state index contributed by atoms with van der Waals surface area (Å²) in [5, 5.41) is 8.92. The van der Waals surface area contributed by atoms with Crippen molar-refractivity contribution in [3.63, 3.8) is 0 Å². The van der Waals surface area contributed by atoms with Crippen LogP contribution in [-0.4, -0.2) is 70.7 Å². The lowest BCUT2D eigenvalue weighted by Gasteiger charge is -2.24. The van der Waals surface area contributed by atoms with Crippen LogP contribution in [0.3, 0.4) is 0 Å². The first-order valence-electron chi connectivity index (χ1n) is 7.67. The van der Waals surface area contributed by atoms with E-state index < -0.39 is 9.84 Å². The maximum atomic E-state index is 11.8. The minimum absolute atomic E-state index is 0. The Kier molecular flexibility index (Phi) is 10.1. The van der Waals surface area contributed by atoms with Gasteiger partial charge in [0.2, 0.25) is 5.91 Å². The molecule has 0 radical (unpaired) electrons. The summed E-state index contributed by atoms with van der Waals surface area (Å²) in [5.41, 5.74) is -0.317. The molecule has 1 unspecified atom stereocenters. The molecule has 24 heavy (non-hydrogen) atoms.